The maximum Gasteiger partial charge on any atom is 0.252 e. The van der Waals surface area contributed by atoms with Gasteiger partial charge in [-0.1, -0.05) is 24.3 Å². The van der Waals surface area contributed by atoms with E-state index < -0.39 is 0 Å². The van der Waals surface area contributed by atoms with Crippen LogP contribution in [-0.2, 0) is 0 Å². The summed E-state index contributed by atoms with van der Waals surface area (Å²) in [5, 5.41) is 17.2. The quantitative estimate of drug-likeness (QED) is 0.470. The highest BCUT2D eigenvalue weighted by Gasteiger charge is 2.14. The molecule has 0 bridgehead atoms. The van der Waals surface area contributed by atoms with E-state index in [2.05, 4.69) is 30.4 Å². The van der Waals surface area contributed by atoms with Crippen molar-refractivity contribution in [1.82, 2.24) is 30.4 Å². The van der Waals surface area contributed by atoms with Crippen LogP contribution in [0, 0.1) is 0 Å². The molecule has 5 aromatic rings. The first-order valence-electron chi connectivity index (χ1n) is 6.99. The molecule has 0 fully saturated rings. The molecule has 7 nitrogen and oxygen atoms in total. The van der Waals surface area contributed by atoms with Crippen LogP contribution in [0.2, 0.25) is 0 Å². The normalized spacial score (nSPS) is 11.5. The maximum absolute atomic E-state index is 5.66. The number of hydrogen-bond donors (Lipinski definition) is 0. The summed E-state index contributed by atoms with van der Waals surface area (Å²) in [5.74, 6) is 0.412. The fourth-order valence-corrected chi connectivity index (χ4v) is 2.50. The molecule has 108 valence electrons. The predicted molar refractivity (Wildman–Crippen MR) is 83.4 cm³/mol. The van der Waals surface area contributed by atoms with Crippen molar-refractivity contribution in [3.8, 4) is 11.5 Å². The van der Waals surface area contributed by atoms with Gasteiger partial charge in [-0.2, -0.15) is 10.1 Å². The number of fused-ring (bicyclic) bond motifs is 4. The van der Waals surface area contributed by atoms with E-state index in [0.717, 1.165) is 10.9 Å². The van der Waals surface area contributed by atoms with Gasteiger partial charge in [-0.25, -0.2) is 4.98 Å². The summed E-state index contributed by atoms with van der Waals surface area (Å²) in [7, 11) is 0. The summed E-state index contributed by atoms with van der Waals surface area (Å²) in [5.41, 5.74) is 3.54. The minimum atomic E-state index is 0.375. The second-order valence-corrected chi connectivity index (χ2v) is 5.02. The molecule has 0 saturated carbocycles. The summed E-state index contributed by atoms with van der Waals surface area (Å²) >= 11 is 0. The standard InChI is InChI=1S/C16H8N6O/c1-2-4-10-9(3-1)5-6-11(18-10)15-19-16-14(21-22-15)13-12(23-16)7-8-17-20-13/h1-8H. The molecule has 0 N–H and O–H groups in total. The fraction of sp³-hybridized carbons (Fsp3) is 0. The van der Waals surface area contributed by atoms with E-state index in [1.165, 1.54) is 0 Å². The maximum atomic E-state index is 5.66. The Kier molecular flexibility index (Phi) is 2.37. The van der Waals surface area contributed by atoms with Crippen LogP contribution in [0.15, 0.2) is 53.1 Å². The minimum absolute atomic E-state index is 0.375. The lowest BCUT2D eigenvalue weighted by atomic mass is 10.2. The Bertz CT molecular complexity index is 1180. The van der Waals surface area contributed by atoms with Crippen molar-refractivity contribution in [1.29, 1.82) is 0 Å². The highest BCUT2D eigenvalue weighted by molar-refractivity contribution is 5.97. The largest absolute Gasteiger partial charge is 0.434 e. The Morgan fingerprint density at radius 3 is 2.74 bits per heavy atom. The Morgan fingerprint density at radius 2 is 1.74 bits per heavy atom. The fourth-order valence-electron chi connectivity index (χ4n) is 2.50. The number of rotatable bonds is 1. The number of para-hydroxylation sites is 1. The van der Waals surface area contributed by atoms with E-state index in [1.807, 2.05) is 36.4 Å². The third-order valence-electron chi connectivity index (χ3n) is 3.60. The molecular formula is C16H8N6O. The molecule has 0 spiro atoms. The lowest BCUT2D eigenvalue weighted by Crippen LogP contribution is -1.95. The Labute approximate surface area is 129 Å². The molecule has 0 radical (unpaired) electrons. The van der Waals surface area contributed by atoms with E-state index >= 15 is 0 Å². The Balaban J connectivity index is 1.73. The molecule has 4 aromatic heterocycles. The second-order valence-electron chi connectivity index (χ2n) is 5.02. The zero-order valence-corrected chi connectivity index (χ0v) is 11.7. The zero-order valence-electron chi connectivity index (χ0n) is 11.7. The van der Waals surface area contributed by atoms with Gasteiger partial charge in [0, 0.05) is 11.5 Å². The average Bonchev–Trinajstić information content (AvgIpc) is 2.99. The molecule has 5 rings (SSSR count). The van der Waals surface area contributed by atoms with Gasteiger partial charge in [-0.05, 0) is 12.1 Å². The lowest BCUT2D eigenvalue weighted by molar-refractivity contribution is 0.649. The minimum Gasteiger partial charge on any atom is -0.434 e. The molecule has 23 heavy (non-hydrogen) atoms. The summed E-state index contributed by atoms with van der Waals surface area (Å²) in [4.78, 5) is 8.99. The van der Waals surface area contributed by atoms with E-state index in [-0.39, 0.29) is 0 Å². The molecular weight excluding hydrogens is 292 g/mol. The predicted octanol–water partition coefficient (Wildman–Crippen LogP) is 2.78. The molecule has 0 aliphatic carbocycles. The van der Waals surface area contributed by atoms with Crippen molar-refractivity contribution in [2.75, 3.05) is 0 Å². The van der Waals surface area contributed by atoms with Crippen LogP contribution in [0.25, 0.3) is 44.8 Å². The van der Waals surface area contributed by atoms with Crippen molar-refractivity contribution in [3.05, 3.63) is 48.7 Å². The van der Waals surface area contributed by atoms with Crippen molar-refractivity contribution in [2.24, 2.45) is 0 Å². The zero-order chi connectivity index (χ0) is 15.2. The topological polar surface area (TPSA) is 90.5 Å². The molecule has 0 amide bonds. The summed E-state index contributed by atoms with van der Waals surface area (Å²) in [6, 6.07) is 13.4. The van der Waals surface area contributed by atoms with Crippen molar-refractivity contribution in [2.45, 2.75) is 0 Å². The average molecular weight is 300 g/mol. The van der Waals surface area contributed by atoms with Crippen LogP contribution < -0.4 is 0 Å². The number of pyridine rings is 1. The van der Waals surface area contributed by atoms with Gasteiger partial charge < -0.3 is 4.42 Å². The Hall–Kier alpha value is -3.48. The monoisotopic (exact) mass is 300 g/mol. The number of nitrogens with zero attached hydrogens (tertiary/aromatic N) is 6. The summed E-state index contributed by atoms with van der Waals surface area (Å²) in [6.45, 7) is 0. The number of benzene rings is 1. The Morgan fingerprint density at radius 1 is 0.783 bits per heavy atom. The summed E-state index contributed by atoms with van der Waals surface area (Å²) < 4.78 is 5.66. The smallest absolute Gasteiger partial charge is 0.252 e. The summed E-state index contributed by atoms with van der Waals surface area (Å²) in [6.07, 6.45) is 1.56. The van der Waals surface area contributed by atoms with Crippen LogP contribution in [0.4, 0.5) is 0 Å². The molecule has 0 aliphatic heterocycles. The highest BCUT2D eigenvalue weighted by Crippen LogP contribution is 2.24. The van der Waals surface area contributed by atoms with Gasteiger partial charge in [-0.3, -0.25) is 0 Å². The second kappa shape index (κ2) is 4.51. The van der Waals surface area contributed by atoms with Gasteiger partial charge in [-0.15, -0.1) is 15.3 Å². The molecule has 4 heterocycles. The van der Waals surface area contributed by atoms with Crippen LogP contribution in [0.3, 0.4) is 0 Å². The van der Waals surface area contributed by atoms with Crippen molar-refractivity contribution < 1.29 is 4.42 Å². The molecule has 0 atom stereocenters. The van der Waals surface area contributed by atoms with E-state index in [9.17, 15) is 0 Å². The number of hydrogen-bond acceptors (Lipinski definition) is 7. The van der Waals surface area contributed by atoms with Crippen LogP contribution in [-0.4, -0.2) is 30.4 Å². The van der Waals surface area contributed by atoms with Gasteiger partial charge in [0.1, 0.15) is 5.69 Å². The number of furan rings is 1. The SMILES string of the molecule is c1ccc2nc(-c3nnc4c(n3)oc3ccnnc34)ccc2c1. The van der Waals surface area contributed by atoms with Crippen LogP contribution in [0.5, 0.6) is 0 Å². The van der Waals surface area contributed by atoms with Crippen molar-refractivity contribution >= 4 is 33.2 Å². The van der Waals surface area contributed by atoms with Crippen LogP contribution in [0.1, 0.15) is 0 Å². The third kappa shape index (κ3) is 1.83. The molecule has 0 aliphatic rings. The third-order valence-corrected chi connectivity index (χ3v) is 3.60. The first kappa shape index (κ1) is 12.1. The molecule has 0 saturated heterocycles. The van der Waals surface area contributed by atoms with Crippen LogP contribution >= 0.6 is 0 Å². The first-order valence-corrected chi connectivity index (χ1v) is 6.99. The van der Waals surface area contributed by atoms with Gasteiger partial charge in [0.25, 0.3) is 5.71 Å². The molecule has 7 heteroatoms. The van der Waals surface area contributed by atoms with E-state index in [4.69, 9.17) is 4.42 Å². The number of aromatic nitrogens is 6. The van der Waals surface area contributed by atoms with Gasteiger partial charge >= 0.3 is 0 Å². The molecule has 1 aromatic carbocycles. The van der Waals surface area contributed by atoms with Gasteiger partial charge in [0.15, 0.2) is 16.6 Å². The van der Waals surface area contributed by atoms with E-state index in [0.29, 0.717) is 33.8 Å². The van der Waals surface area contributed by atoms with E-state index in [1.54, 1.807) is 12.3 Å². The lowest BCUT2D eigenvalue weighted by Gasteiger charge is -2.00. The molecule has 0 unspecified atom stereocenters. The highest BCUT2D eigenvalue weighted by atomic mass is 16.3. The van der Waals surface area contributed by atoms with Gasteiger partial charge in [0.2, 0.25) is 5.82 Å². The first-order chi connectivity index (χ1) is 11.4. The van der Waals surface area contributed by atoms with Crippen molar-refractivity contribution in [3.63, 3.8) is 0 Å². The van der Waals surface area contributed by atoms with Gasteiger partial charge in [0.05, 0.1) is 11.7 Å².